The maximum absolute atomic E-state index is 4.89. The second kappa shape index (κ2) is 1.80. The van der Waals surface area contributed by atoms with Gasteiger partial charge in [0.2, 0.25) is 6.35 Å². The number of hydrogen-bond acceptors (Lipinski definition) is 3. The van der Waals surface area contributed by atoms with Gasteiger partial charge in [-0.05, 0) is 0 Å². The molecule has 3 nitrogen and oxygen atoms in total. The topological polar surface area (TPSA) is 60.5 Å². The maximum atomic E-state index is 4.89. The zero-order valence-electron chi connectivity index (χ0n) is 4.06. The van der Waals surface area contributed by atoms with Crippen molar-refractivity contribution in [2.75, 3.05) is 0 Å². The van der Waals surface area contributed by atoms with E-state index in [4.69, 9.17) is 5.73 Å². The standard InChI is InChI=1S/CH4N2O.Li.H/c2-1-3-4-1;;/h1,3H,2H2;;/q;+1;-1. The molecule has 1 heterocycles. The van der Waals surface area contributed by atoms with Crippen LogP contribution in [0.4, 0.5) is 0 Å². The fourth-order valence-corrected chi connectivity index (χ4v) is 0.0393. The van der Waals surface area contributed by atoms with Crippen LogP contribution in [0.2, 0.25) is 0 Å². The Hall–Kier alpha value is 0.477. The van der Waals surface area contributed by atoms with E-state index in [0.29, 0.717) is 0 Å². The quantitative estimate of drug-likeness (QED) is 0.224. The summed E-state index contributed by atoms with van der Waals surface area (Å²) in [7, 11) is 0. The summed E-state index contributed by atoms with van der Waals surface area (Å²) in [5, 5.41) is 0. The third-order valence-electron chi connectivity index (χ3n) is 0.254. The first-order valence-corrected chi connectivity index (χ1v) is 1.06. The van der Waals surface area contributed by atoms with Crippen LogP contribution in [-0.4, -0.2) is 6.35 Å². The Labute approximate surface area is 43.5 Å². The van der Waals surface area contributed by atoms with Gasteiger partial charge in [0.05, 0.1) is 0 Å². The van der Waals surface area contributed by atoms with E-state index >= 15 is 0 Å². The molecule has 0 amide bonds. The van der Waals surface area contributed by atoms with Gasteiger partial charge in [0.1, 0.15) is 0 Å². The molecule has 0 aromatic heterocycles. The summed E-state index contributed by atoms with van der Waals surface area (Å²) in [6.07, 6.45) is -0.167. The Morgan fingerprint density at radius 1 is 2.00 bits per heavy atom. The largest absolute Gasteiger partial charge is 1.00 e. The van der Waals surface area contributed by atoms with Crippen molar-refractivity contribution in [1.29, 1.82) is 0 Å². The van der Waals surface area contributed by atoms with Crippen molar-refractivity contribution in [2.45, 2.75) is 6.35 Å². The SMILES string of the molecule is NC1NO1.[H-].[Li+]. The van der Waals surface area contributed by atoms with E-state index in [1.807, 2.05) is 0 Å². The van der Waals surface area contributed by atoms with Crippen LogP contribution in [0.15, 0.2) is 0 Å². The minimum Gasteiger partial charge on any atom is -1.00 e. The van der Waals surface area contributed by atoms with Gasteiger partial charge in [-0.25, -0.2) is 0 Å². The van der Waals surface area contributed by atoms with Gasteiger partial charge in [0.15, 0.2) is 0 Å². The molecule has 0 radical (unpaired) electrons. The van der Waals surface area contributed by atoms with Crippen molar-refractivity contribution >= 4 is 0 Å². The summed E-state index contributed by atoms with van der Waals surface area (Å²) in [6, 6.07) is 0. The van der Waals surface area contributed by atoms with Gasteiger partial charge in [-0.2, -0.15) is 5.48 Å². The molecule has 1 rings (SSSR count). The molecule has 1 fully saturated rings. The summed E-state index contributed by atoms with van der Waals surface area (Å²) >= 11 is 0. The van der Waals surface area contributed by atoms with Crippen molar-refractivity contribution in [3.05, 3.63) is 0 Å². The van der Waals surface area contributed by atoms with Crippen LogP contribution in [-0.2, 0) is 4.84 Å². The average Bonchev–Trinajstić information content (AvgIpc) is 1.75. The number of nitrogens with two attached hydrogens (primary N) is 1. The van der Waals surface area contributed by atoms with Gasteiger partial charge in [0.25, 0.3) is 0 Å². The minimum absolute atomic E-state index is 0. The molecule has 3 N–H and O–H groups in total. The molecule has 0 bridgehead atoms. The third kappa shape index (κ3) is 2.27. The van der Waals surface area contributed by atoms with Crippen molar-refractivity contribution in [1.82, 2.24) is 5.48 Å². The summed E-state index contributed by atoms with van der Waals surface area (Å²) in [4.78, 5) is 4.24. The predicted molar refractivity (Wildman–Crippen MR) is 13.3 cm³/mol. The van der Waals surface area contributed by atoms with Crippen LogP contribution in [0.3, 0.4) is 0 Å². The van der Waals surface area contributed by atoms with Gasteiger partial charge in [-0.15, -0.1) is 0 Å². The molecule has 0 spiro atoms. The van der Waals surface area contributed by atoms with Crippen LogP contribution < -0.4 is 30.1 Å². The molecule has 1 saturated heterocycles. The van der Waals surface area contributed by atoms with Crippen LogP contribution in [0.25, 0.3) is 0 Å². The molecular weight excluding hydrogens is 63.0 g/mol. The molecule has 0 saturated carbocycles. The molecular formula is CH5LiN2O. The minimum atomic E-state index is -0.167. The molecule has 1 aliphatic heterocycles. The van der Waals surface area contributed by atoms with E-state index in [0.717, 1.165) is 0 Å². The second-order valence-electron chi connectivity index (χ2n) is 0.656. The zero-order chi connectivity index (χ0) is 2.99. The van der Waals surface area contributed by atoms with Gasteiger partial charge >= 0.3 is 18.9 Å². The Kier molecular flexibility index (Phi) is 1.98. The van der Waals surface area contributed by atoms with Crippen molar-refractivity contribution in [2.24, 2.45) is 5.73 Å². The van der Waals surface area contributed by atoms with E-state index in [1.54, 1.807) is 0 Å². The predicted octanol–water partition coefficient (Wildman–Crippen LogP) is -4.12. The molecule has 1 aliphatic rings. The number of nitrogens with one attached hydrogen (secondary N) is 1. The average molecular weight is 68.0 g/mol. The second-order valence-corrected chi connectivity index (χ2v) is 0.656. The van der Waals surface area contributed by atoms with Crippen molar-refractivity contribution in [3.8, 4) is 0 Å². The first-order valence-electron chi connectivity index (χ1n) is 1.06. The van der Waals surface area contributed by atoms with Gasteiger partial charge < -0.3 is 1.43 Å². The number of hydrogen-bond donors (Lipinski definition) is 2. The van der Waals surface area contributed by atoms with E-state index in [2.05, 4.69) is 10.3 Å². The van der Waals surface area contributed by atoms with Crippen LogP contribution >= 0.6 is 0 Å². The Bertz CT molecular complexity index is 32.7. The molecule has 4 heteroatoms. The molecule has 0 aromatic rings. The maximum Gasteiger partial charge on any atom is 1.00 e. The van der Waals surface area contributed by atoms with Gasteiger partial charge in [-0.3, -0.25) is 10.6 Å². The first kappa shape index (κ1) is 5.48. The normalized spacial score (nSPS) is 31.8. The monoisotopic (exact) mass is 68.1 g/mol. The molecule has 26 valence electrons. The van der Waals surface area contributed by atoms with E-state index < -0.39 is 0 Å². The number of hydroxylamine groups is 1. The fraction of sp³-hybridized carbons (Fsp3) is 1.00. The van der Waals surface area contributed by atoms with Gasteiger partial charge in [0, 0.05) is 0 Å². The van der Waals surface area contributed by atoms with Crippen LogP contribution in [0.5, 0.6) is 0 Å². The van der Waals surface area contributed by atoms with Gasteiger partial charge in [-0.1, -0.05) is 0 Å². The van der Waals surface area contributed by atoms with E-state index in [9.17, 15) is 0 Å². The zero-order valence-corrected chi connectivity index (χ0v) is 3.06. The molecule has 0 aromatic carbocycles. The van der Waals surface area contributed by atoms with Crippen LogP contribution in [0, 0.1) is 0 Å². The summed E-state index contributed by atoms with van der Waals surface area (Å²) < 4.78 is 0. The summed E-state index contributed by atoms with van der Waals surface area (Å²) in [6.45, 7) is 0. The fourth-order valence-electron chi connectivity index (χ4n) is 0.0393. The summed E-state index contributed by atoms with van der Waals surface area (Å²) in [5.41, 5.74) is 7.26. The summed E-state index contributed by atoms with van der Waals surface area (Å²) in [5.74, 6) is 0. The van der Waals surface area contributed by atoms with Crippen LogP contribution in [0.1, 0.15) is 1.43 Å². The van der Waals surface area contributed by atoms with Crippen molar-refractivity contribution < 1.29 is 25.1 Å². The Morgan fingerprint density at radius 3 is 2.20 bits per heavy atom. The molecule has 1 unspecified atom stereocenters. The Morgan fingerprint density at radius 2 is 2.20 bits per heavy atom. The third-order valence-corrected chi connectivity index (χ3v) is 0.254. The molecule has 0 aliphatic carbocycles. The van der Waals surface area contributed by atoms with E-state index in [1.165, 1.54) is 0 Å². The molecule has 1 atom stereocenters. The first-order chi connectivity index (χ1) is 1.89. The van der Waals surface area contributed by atoms with Crippen molar-refractivity contribution in [3.63, 3.8) is 0 Å². The Balaban J connectivity index is 0. The smallest absolute Gasteiger partial charge is 1.00 e. The number of rotatable bonds is 0. The van der Waals surface area contributed by atoms with E-state index in [-0.39, 0.29) is 26.6 Å². The molecule has 5 heavy (non-hydrogen) atoms.